The van der Waals surface area contributed by atoms with E-state index in [0.717, 1.165) is 42.8 Å². The van der Waals surface area contributed by atoms with Gasteiger partial charge in [-0.3, -0.25) is 0 Å². The first-order valence-corrected chi connectivity index (χ1v) is 8.01. The van der Waals surface area contributed by atoms with Crippen LogP contribution in [0, 0.1) is 0 Å². The Morgan fingerprint density at radius 1 is 1.37 bits per heavy atom. The van der Waals surface area contributed by atoms with Gasteiger partial charge in [0.15, 0.2) is 4.90 Å². The summed E-state index contributed by atoms with van der Waals surface area (Å²) in [5.41, 5.74) is 1.31. The Labute approximate surface area is 118 Å². The standard InChI is InChI=1S/C15H21NO2S/c1-2-3-12-4-8-14(9-5-12)19(17)15-10-6-13(18-16)7-11-15/h4-6,8-9,15H,2-3,7,10-11,16H2,1H3. The van der Waals surface area contributed by atoms with E-state index in [9.17, 15) is 4.55 Å². The van der Waals surface area contributed by atoms with Crippen molar-refractivity contribution in [3.63, 3.8) is 0 Å². The quantitative estimate of drug-likeness (QED) is 0.665. The summed E-state index contributed by atoms with van der Waals surface area (Å²) in [5, 5.41) is 0.177. The highest BCUT2D eigenvalue weighted by Crippen LogP contribution is 2.28. The van der Waals surface area contributed by atoms with Crippen molar-refractivity contribution in [1.29, 1.82) is 0 Å². The smallest absolute Gasteiger partial charge is 0.152 e. The van der Waals surface area contributed by atoms with Crippen LogP contribution in [-0.4, -0.2) is 9.80 Å². The SMILES string of the molecule is CCCc1ccc([S+]([O-])C2CC=C(ON)CC2)cc1. The van der Waals surface area contributed by atoms with E-state index in [4.69, 9.17) is 10.7 Å². The van der Waals surface area contributed by atoms with Crippen LogP contribution in [-0.2, 0) is 22.4 Å². The molecule has 0 saturated carbocycles. The van der Waals surface area contributed by atoms with Crippen LogP contribution in [0.5, 0.6) is 0 Å². The fourth-order valence-electron chi connectivity index (χ4n) is 2.36. The van der Waals surface area contributed by atoms with Crippen molar-refractivity contribution in [2.75, 3.05) is 0 Å². The van der Waals surface area contributed by atoms with Gasteiger partial charge in [0.2, 0.25) is 0 Å². The second kappa shape index (κ2) is 6.98. The van der Waals surface area contributed by atoms with Crippen molar-refractivity contribution in [2.45, 2.75) is 49.2 Å². The number of rotatable bonds is 5. The topological polar surface area (TPSA) is 58.3 Å². The maximum Gasteiger partial charge on any atom is 0.152 e. The number of aryl methyl sites for hydroxylation is 1. The highest BCUT2D eigenvalue weighted by Gasteiger charge is 2.27. The van der Waals surface area contributed by atoms with Crippen LogP contribution in [0.2, 0.25) is 0 Å². The summed E-state index contributed by atoms with van der Waals surface area (Å²) in [6.07, 6.45) is 6.59. The molecular formula is C15H21NO2S. The fourth-order valence-corrected chi connectivity index (χ4v) is 3.75. The zero-order valence-corrected chi connectivity index (χ0v) is 12.1. The molecule has 0 saturated heterocycles. The van der Waals surface area contributed by atoms with E-state index in [1.54, 1.807) is 0 Å². The third kappa shape index (κ3) is 3.75. The minimum absolute atomic E-state index is 0.177. The van der Waals surface area contributed by atoms with Gasteiger partial charge in [0.1, 0.15) is 11.0 Å². The molecule has 0 amide bonds. The van der Waals surface area contributed by atoms with E-state index in [2.05, 4.69) is 19.1 Å². The van der Waals surface area contributed by atoms with Crippen LogP contribution in [0.3, 0.4) is 0 Å². The number of nitrogens with two attached hydrogens (primary N) is 1. The molecule has 2 N–H and O–H groups in total. The summed E-state index contributed by atoms with van der Waals surface area (Å²) in [6.45, 7) is 2.16. The lowest BCUT2D eigenvalue weighted by molar-refractivity contribution is 0.202. The van der Waals surface area contributed by atoms with E-state index in [1.165, 1.54) is 5.56 Å². The van der Waals surface area contributed by atoms with Gasteiger partial charge in [0.05, 0.1) is 0 Å². The van der Waals surface area contributed by atoms with E-state index in [0.29, 0.717) is 0 Å². The average molecular weight is 279 g/mol. The van der Waals surface area contributed by atoms with Gasteiger partial charge in [-0.05, 0) is 41.4 Å². The fraction of sp³-hybridized carbons (Fsp3) is 0.467. The van der Waals surface area contributed by atoms with Crippen molar-refractivity contribution in [3.8, 4) is 0 Å². The number of benzene rings is 1. The minimum atomic E-state index is -0.940. The predicted molar refractivity (Wildman–Crippen MR) is 77.8 cm³/mol. The van der Waals surface area contributed by atoms with Crippen molar-refractivity contribution in [3.05, 3.63) is 41.7 Å². The molecule has 2 unspecified atom stereocenters. The second-order valence-corrected chi connectivity index (χ2v) is 6.61. The van der Waals surface area contributed by atoms with Gasteiger partial charge in [-0.25, -0.2) is 0 Å². The van der Waals surface area contributed by atoms with Gasteiger partial charge < -0.3 is 9.39 Å². The summed E-state index contributed by atoms with van der Waals surface area (Å²) < 4.78 is 12.5. The van der Waals surface area contributed by atoms with Gasteiger partial charge in [-0.15, -0.1) is 0 Å². The maximum atomic E-state index is 12.5. The largest absolute Gasteiger partial charge is 0.611 e. The summed E-state index contributed by atoms with van der Waals surface area (Å²) in [5.74, 6) is 5.95. The van der Waals surface area contributed by atoms with E-state index < -0.39 is 11.2 Å². The number of allylic oxidation sites excluding steroid dienone is 2. The van der Waals surface area contributed by atoms with Gasteiger partial charge in [0.25, 0.3) is 0 Å². The maximum absolute atomic E-state index is 12.5. The molecular weight excluding hydrogens is 258 g/mol. The Hall–Kier alpha value is -0.970. The average Bonchev–Trinajstić information content (AvgIpc) is 2.48. The molecule has 2 rings (SSSR count). The van der Waals surface area contributed by atoms with Crippen LogP contribution in [0.4, 0.5) is 0 Å². The zero-order chi connectivity index (χ0) is 13.7. The lowest BCUT2D eigenvalue weighted by Crippen LogP contribution is -2.24. The minimum Gasteiger partial charge on any atom is -0.611 e. The summed E-state index contributed by atoms with van der Waals surface area (Å²) >= 11 is -0.940. The van der Waals surface area contributed by atoms with Gasteiger partial charge in [-0.1, -0.05) is 25.5 Å². The van der Waals surface area contributed by atoms with Gasteiger partial charge in [-0.2, -0.15) is 5.90 Å². The molecule has 0 aromatic heterocycles. The Bertz CT molecular complexity index is 430. The Kier molecular flexibility index (Phi) is 5.31. The van der Waals surface area contributed by atoms with Crippen molar-refractivity contribution < 1.29 is 9.39 Å². The third-order valence-corrected chi connectivity index (χ3v) is 5.24. The summed E-state index contributed by atoms with van der Waals surface area (Å²) in [7, 11) is 0. The molecule has 0 heterocycles. The first-order chi connectivity index (χ1) is 9.24. The predicted octanol–water partition coefficient (Wildman–Crippen LogP) is 3.07. The summed E-state index contributed by atoms with van der Waals surface area (Å²) in [4.78, 5) is 5.66. The molecule has 1 aliphatic carbocycles. The number of hydrogen-bond donors (Lipinski definition) is 1. The molecule has 0 bridgehead atoms. The summed E-state index contributed by atoms with van der Waals surface area (Å²) in [6, 6.07) is 8.17. The van der Waals surface area contributed by atoms with Crippen molar-refractivity contribution >= 4 is 11.2 Å². The van der Waals surface area contributed by atoms with Gasteiger partial charge >= 0.3 is 0 Å². The monoisotopic (exact) mass is 279 g/mol. The first kappa shape index (κ1) is 14.4. The molecule has 1 aromatic carbocycles. The number of hydrogen-bond acceptors (Lipinski definition) is 3. The molecule has 1 aromatic rings. The van der Waals surface area contributed by atoms with Crippen LogP contribution < -0.4 is 5.90 Å². The lowest BCUT2D eigenvalue weighted by Gasteiger charge is -2.23. The molecule has 19 heavy (non-hydrogen) atoms. The highest BCUT2D eigenvalue weighted by molar-refractivity contribution is 7.92. The van der Waals surface area contributed by atoms with E-state index in [-0.39, 0.29) is 5.25 Å². The van der Waals surface area contributed by atoms with Crippen LogP contribution in [0.25, 0.3) is 0 Å². The zero-order valence-electron chi connectivity index (χ0n) is 11.3. The molecule has 0 spiro atoms. The molecule has 4 heteroatoms. The Morgan fingerprint density at radius 3 is 2.63 bits per heavy atom. The van der Waals surface area contributed by atoms with Crippen LogP contribution >= 0.6 is 0 Å². The molecule has 3 nitrogen and oxygen atoms in total. The van der Waals surface area contributed by atoms with Gasteiger partial charge in [0, 0.05) is 19.3 Å². The lowest BCUT2D eigenvalue weighted by atomic mass is 10.1. The van der Waals surface area contributed by atoms with Crippen LogP contribution in [0.15, 0.2) is 41.0 Å². The third-order valence-electron chi connectivity index (χ3n) is 3.47. The molecule has 2 atom stereocenters. The Morgan fingerprint density at radius 2 is 2.11 bits per heavy atom. The van der Waals surface area contributed by atoms with Crippen molar-refractivity contribution in [1.82, 2.24) is 0 Å². The van der Waals surface area contributed by atoms with E-state index >= 15 is 0 Å². The molecule has 0 fully saturated rings. The first-order valence-electron chi connectivity index (χ1n) is 6.80. The van der Waals surface area contributed by atoms with E-state index in [1.807, 2.05) is 18.2 Å². The molecule has 0 radical (unpaired) electrons. The van der Waals surface area contributed by atoms with Crippen molar-refractivity contribution in [2.24, 2.45) is 5.90 Å². The van der Waals surface area contributed by atoms with Crippen LogP contribution in [0.1, 0.15) is 38.2 Å². The Balaban J connectivity index is 1.99. The second-order valence-electron chi connectivity index (χ2n) is 4.88. The normalized spacial score (nSPS) is 20.8. The molecule has 1 aliphatic rings. The molecule has 104 valence electrons. The molecule has 0 aliphatic heterocycles. The highest BCUT2D eigenvalue weighted by atomic mass is 32.2.